The lowest BCUT2D eigenvalue weighted by atomic mass is 10.1. The summed E-state index contributed by atoms with van der Waals surface area (Å²) in [5.74, 6) is -1.81. The third-order valence-electron chi connectivity index (χ3n) is 3.28. The minimum Gasteiger partial charge on any atom is -0.480 e. The van der Waals surface area contributed by atoms with Crippen LogP contribution in [0.2, 0.25) is 0 Å². The Morgan fingerprint density at radius 3 is 2.32 bits per heavy atom. The smallest absolute Gasteiger partial charge is 0.321 e. The van der Waals surface area contributed by atoms with Crippen LogP contribution in [-0.2, 0) is 26.0 Å². The van der Waals surface area contributed by atoms with E-state index in [0.717, 1.165) is 5.56 Å². The van der Waals surface area contributed by atoms with E-state index in [1.54, 1.807) is 13.8 Å². The van der Waals surface area contributed by atoms with Crippen LogP contribution in [0.15, 0.2) is 30.3 Å². The van der Waals surface area contributed by atoms with Gasteiger partial charge in [-0.15, -0.1) is 0 Å². The summed E-state index contributed by atoms with van der Waals surface area (Å²) in [4.78, 5) is 11.1. The molecule has 2 atom stereocenters. The molecular weight excluding hydrogens is 306 g/mol. The van der Waals surface area contributed by atoms with Crippen LogP contribution in [0.25, 0.3) is 0 Å². The van der Waals surface area contributed by atoms with Crippen molar-refractivity contribution in [1.82, 2.24) is 4.72 Å². The van der Waals surface area contributed by atoms with Crippen molar-refractivity contribution in [3.63, 3.8) is 0 Å². The predicted molar refractivity (Wildman–Crippen MR) is 84.1 cm³/mol. The minimum atomic E-state index is -3.76. The highest BCUT2D eigenvalue weighted by Gasteiger charge is 2.28. The number of benzene rings is 1. The summed E-state index contributed by atoms with van der Waals surface area (Å²) >= 11 is 0. The fourth-order valence-corrected chi connectivity index (χ4v) is 3.64. The van der Waals surface area contributed by atoms with Gasteiger partial charge < -0.3 is 9.84 Å². The monoisotopic (exact) mass is 329 g/mol. The highest BCUT2D eigenvalue weighted by molar-refractivity contribution is 7.89. The largest absolute Gasteiger partial charge is 0.480 e. The summed E-state index contributed by atoms with van der Waals surface area (Å²) in [7, 11) is -2.31. The maximum atomic E-state index is 12.2. The van der Waals surface area contributed by atoms with Gasteiger partial charge in [-0.2, -0.15) is 0 Å². The number of ether oxygens (including phenoxy) is 1. The Bertz CT molecular complexity index is 571. The molecule has 6 nitrogen and oxygen atoms in total. The Morgan fingerprint density at radius 2 is 1.86 bits per heavy atom. The number of nitrogens with one attached hydrogen (secondary N) is 1. The average molecular weight is 329 g/mol. The van der Waals surface area contributed by atoms with Crippen LogP contribution < -0.4 is 4.72 Å². The molecule has 2 N–H and O–H groups in total. The molecule has 0 bridgehead atoms. The minimum absolute atomic E-state index is 0.283. The van der Waals surface area contributed by atoms with Gasteiger partial charge >= 0.3 is 5.97 Å². The van der Waals surface area contributed by atoms with Gasteiger partial charge in [-0.1, -0.05) is 44.2 Å². The maximum absolute atomic E-state index is 12.2. The Kier molecular flexibility index (Phi) is 6.99. The first-order valence-corrected chi connectivity index (χ1v) is 8.70. The molecule has 0 aliphatic carbocycles. The first-order valence-electron chi connectivity index (χ1n) is 7.04. The van der Waals surface area contributed by atoms with Crippen molar-refractivity contribution in [3.05, 3.63) is 35.9 Å². The van der Waals surface area contributed by atoms with E-state index in [1.165, 1.54) is 7.11 Å². The number of rotatable bonds is 9. The second-order valence-electron chi connectivity index (χ2n) is 5.51. The van der Waals surface area contributed by atoms with Crippen LogP contribution in [0.4, 0.5) is 0 Å². The van der Waals surface area contributed by atoms with Crippen molar-refractivity contribution in [2.75, 3.05) is 12.9 Å². The van der Waals surface area contributed by atoms with Crippen molar-refractivity contribution < 1.29 is 23.1 Å². The summed E-state index contributed by atoms with van der Waals surface area (Å²) < 4.78 is 31.8. The zero-order valence-corrected chi connectivity index (χ0v) is 13.8. The summed E-state index contributed by atoms with van der Waals surface area (Å²) in [5, 5.41) is 9.08. The van der Waals surface area contributed by atoms with Crippen molar-refractivity contribution in [2.24, 2.45) is 5.92 Å². The summed E-state index contributed by atoms with van der Waals surface area (Å²) in [5.41, 5.74) is 0.961. The molecule has 22 heavy (non-hydrogen) atoms. The molecule has 0 saturated heterocycles. The lowest BCUT2D eigenvalue weighted by molar-refractivity contribution is -0.140. The van der Waals surface area contributed by atoms with Crippen molar-refractivity contribution in [3.8, 4) is 0 Å². The fraction of sp³-hybridized carbons (Fsp3) is 0.533. The number of carboxylic acids is 1. The van der Waals surface area contributed by atoms with E-state index in [2.05, 4.69) is 4.72 Å². The molecular formula is C15H23NO5S. The number of hydrogen-bond acceptors (Lipinski definition) is 4. The summed E-state index contributed by atoms with van der Waals surface area (Å²) in [6, 6.07) is 8.26. The molecule has 0 spiro atoms. The second kappa shape index (κ2) is 8.26. The molecule has 0 amide bonds. The zero-order chi connectivity index (χ0) is 16.8. The number of sulfonamides is 1. The standard InChI is InChI=1S/C15H23NO5S/c1-11(2)14(15(17)18)16-22(19,20)10-13(21-3)9-12-7-5-4-6-8-12/h4-8,11,13-14,16H,9-10H2,1-3H3,(H,17,18)/t13?,14-/m1/s1. The van der Waals surface area contributed by atoms with Crippen LogP contribution in [-0.4, -0.2) is 44.5 Å². The molecule has 1 unspecified atom stereocenters. The van der Waals surface area contributed by atoms with Crippen molar-refractivity contribution in [1.29, 1.82) is 0 Å². The third-order valence-corrected chi connectivity index (χ3v) is 4.71. The lowest BCUT2D eigenvalue weighted by Crippen LogP contribution is -2.46. The molecule has 0 aliphatic heterocycles. The van der Waals surface area contributed by atoms with Gasteiger partial charge in [0.1, 0.15) is 6.04 Å². The SMILES string of the molecule is COC(Cc1ccccc1)CS(=O)(=O)N[C@@H](C(=O)O)C(C)C. The molecule has 0 fully saturated rings. The first-order chi connectivity index (χ1) is 10.2. The van der Waals surface area contributed by atoms with Crippen LogP contribution in [0, 0.1) is 5.92 Å². The van der Waals surface area contributed by atoms with Gasteiger partial charge in [-0.3, -0.25) is 4.79 Å². The van der Waals surface area contributed by atoms with Crippen LogP contribution in [0.1, 0.15) is 19.4 Å². The third kappa shape index (κ3) is 6.13. The maximum Gasteiger partial charge on any atom is 0.321 e. The molecule has 1 aromatic rings. The number of aliphatic carboxylic acids is 1. The van der Waals surface area contributed by atoms with Gasteiger partial charge in [0.2, 0.25) is 10.0 Å². The normalized spacial score (nSPS) is 14.7. The van der Waals surface area contributed by atoms with E-state index >= 15 is 0 Å². The van der Waals surface area contributed by atoms with Gasteiger partial charge in [0.15, 0.2) is 0 Å². The quantitative estimate of drug-likeness (QED) is 0.712. The molecule has 1 aromatic carbocycles. The van der Waals surface area contributed by atoms with E-state index in [0.29, 0.717) is 6.42 Å². The number of carboxylic acid groups (broad SMARTS) is 1. The number of carbonyl (C=O) groups is 1. The van der Waals surface area contributed by atoms with Gasteiger partial charge in [-0.05, 0) is 17.9 Å². The molecule has 0 aromatic heterocycles. The fourth-order valence-electron chi connectivity index (χ4n) is 2.05. The Balaban J connectivity index is 2.74. The first kappa shape index (κ1) is 18.6. The summed E-state index contributed by atoms with van der Waals surface area (Å²) in [6.45, 7) is 3.30. The topological polar surface area (TPSA) is 92.7 Å². The number of methoxy groups -OCH3 is 1. The highest BCUT2D eigenvalue weighted by Crippen LogP contribution is 2.09. The summed E-state index contributed by atoms with van der Waals surface area (Å²) in [6.07, 6.45) is -0.0981. The molecule has 0 heterocycles. The van der Waals surface area contributed by atoms with Gasteiger partial charge in [0.05, 0.1) is 11.9 Å². The molecule has 0 saturated carbocycles. The van der Waals surface area contributed by atoms with E-state index in [-0.39, 0.29) is 11.7 Å². The lowest BCUT2D eigenvalue weighted by Gasteiger charge is -2.21. The Morgan fingerprint density at radius 1 is 1.27 bits per heavy atom. The molecule has 1 rings (SSSR count). The van der Waals surface area contributed by atoms with E-state index < -0.39 is 28.1 Å². The van der Waals surface area contributed by atoms with Crippen LogP contribution in [0.5, 0.6) is 0 Å². The molecule has 0 aliphatic rings. The molecule has 0 radical (unpaired) electrons. The zero-order valence-electron chi connectivity index (χ0n) is 13.0. The Labute approximate surface area is 131 Å². The van der Waals surface area contributed by atoms with E-state index in [1.807, 2.05) is 30.3 Å². The molecule has 124 valence electrons. The highest BCUT2D eigenvalue weighted by atomic mass is 32.2. The Hall–Kier alpha value is -1.44. The van der Waals surface area contributed by atoms with Gasteiger partial charge in [0.25, 0.3) is 0 Å². The second-order valence-corrected chi connectivity index (χ2v) is 7.31. The molecule has 7 heteroatoms. The predicted octanol–water partition coefficient (Wildman–Crippen LogP) is 1.27. The van der Waals surface area contributed by atoms with Crippen molar-refractivity contribution >= 4 is 16.0 Å². The van der Waals surface area contributed by atoms with E-state index in [4.69, 9.17) is 9.84 Å². The van der Waals surface area contributed by atoms with Crippen LogP contribution >= 0.6 is 0 Å². The van der Waals surface area contributed by atoms with E-state index in [9.17, 15) is 13.2 Å². The average Bonchev–Trinajstić information content (AvgIpc) is 2.44. The van der Waals surface area contributed by atoms with Crippen molar-refractivity contribution in [2.45, 2.75) is 32.4 Å². The van der Waals surface area contributed by atoms with Gasteiger partial charge in [-0.25, -0.2) is 13.1 Å². The van der Waals surface area contributed by atoms with Crippen LogP contribution in [0.3, 0.4) is 0 Å². The van der Waals surface area contributed by atoms with Gasteiger partial charge in [0, 0.05) is 7.11 Å². The number of hydrogen-bond donors (Lipinski definition) is 2.